The van der Waals surface area contributed by atoms with Crippen LogP contribution in [0.1, 0.15) is 0 Å². The summed E-state index contributed by atoms with van der Waals surface area (Å²) in [6.07, 6.45) is 4.56. The molecule has 1 heterocycles. The van der Waals surface area contributed by atoms with E-state index in [9.17, 15) is 4.79 Å². The lowest BCUT2D eigenvalue weighted by molar-refractivity contribution is 0.237. The van der Waals surface area contributed by atoms with E-state index in [2.05, 4.69) is 17.2 Å². The molecule has 54 valence electrons. The maximum atomic E-state index is 10.6. The fourth-order valence-electron chi connectivity index (χ4n) is 0.649. The summed E-state index contributed by atoms with van der Waals surface area (Å²) in [5, 5.41) is 4.88. The van der Waals surface area contributed by atoms with Crippen LogP contribution in [0, 0.1) is 0 Å². The van der Waals surface area contributed by atoms with Gasteiger partial charge < -0.3 is 16.4 Å². The van der Waals surface area contributed by atoms with Gasteiger partial charge >= 0.3 is 6.03 Å². The quantitative estimate of drug-likeness (QED) is 0.435. The second kappa shape index (κ2) is 2.15. The second-order valence-electron chi connectivity index (χ2n) is 2.07. The Kier molecular flexibility index (Phi) is 1.47. The van der Waals surface area contributed by atoms with E-state index in [1.165, 1.54) is 12.3 Å². The standard InChI is InChI=1S/C6H9N3O/c1-2-6(7)3-4-8-5(10)9-6/h2-4H,1,7H2,(H2,8,9,10). The maximum absolute atomic E-state index is 10.6. The number of urea groups is 1. The smallest absolute Gasteiger partial charge is 0.315 e. The summed E-state index contributed by atoms with van der Waals surface area (Å²) in [6.45, 7) is 3.47. The molecule has 4 nitrogen and oxygen atoms in total. The number of nitrogens with one attached hydrogen (secondary N) is 2. The van der Waals surface area contributed by atoms with E-state index >= 15 is 0 Å². The van der Waals surface area contributed by atoms with Gasteiger partial charge in [0.2, 0.25) is 0 Å². The predicted molar refractivity (Wildman–Crippen MR) is 37.9 cm³/mol. The van der Waals surface area contributed by atoms with Crippen LogP contribution >= 0.6 is 0 Å². The fraction of sp³-hybridized carbons (Fsp3) is 0.167. The van der Waals surface area contributed by atoms with Crippen LogP contribution < -0.4 is 16.4 Å². The number of nitrogens with two attached hydrogens (primary N) is 1. The molecular formula is C6H9N3O. The van der Waals surface area contributed by atoms with Crippen LogP contribution in [-0.4, -0.2) is 11.7 Å². The summed E-state index contributed by atoms with van der Waals surface area (Å²) in [5.41, 5.74) is 4.69. The minimum absolute atomic E-state index is 0.315. The van der Waals surface area contributed by atoms with Gasteiger partial charge in [-0.1, -0.05) is 6.58 Å². The van der Waals surface area contributed by atoms with Crippen LogP contribution in [-0.2, 0) is 0 Å². The molecule has 4 heteroatoms. The highest BCUT2D eigenvalue weighted by Gasteiger charge is 2.21. The topological polar surface area (TPSA) is 67.1 Å². The second-order valence-corrected chi connectivity index (χ2v) is 2.07. The lowest BCUT2D eigenvalue weighted by Gasteiger charge is -2.26. The molecule has 1 atom stereocenters. The van der Waals surface area contributed by atoms with Gasteiger partial charge in [-0.2, -0.15) is 0 Å². The third kappa shape index (κ3) is 1.16. The fourth-order valence-corrected chi connectivity index (χ4v) is 0.649. The van der Waals surface area contributed by atoms with Gasteiger partial charge in [0.05, 0.1) is 0 Å². The zero-order chi connectivity index (χ0) is 7.61. The lowest BCUT2D eigenvalue weighted by atomic mass is 10.1. The first-order valence-electron chi connectivity index (χ1n) is 2.85. The van der Waals surface area contributed by atoms with E-state index in [0.717, 1.165) is 0 Å². The molecule has 0 saturated heterocycles. The Labute approximate surface area is 58.8 Å². The maximum Gasteiger partial charge on any atom is 0.320 e. The van der Waals surface area contributed by atoms with E-state index in [0.29, 0.717) is 0 Å². The lowest BCUT2D eigenvalue weighted by Crippen LogP contribution is -2.57. The first kappa shape index (κ1) is 6.82. The van der Waals surface area contributed by atoms with Crippen molar-refractivity contribution in [3.8, 4) is 0 Å². The van der Waals surface area contributed by atoms with E-state index < -0.39 is 5.66 Å². The van der Waals surface area contributed by atoms with Gasteiger partial charge in [0.1, 0.15) is 5.66 Å². The molecule has 0 saturated carbocycles. The number of carbonyl (C=O) groups is 1. The van der Waals surface area contributed by atoms with Gasteiger partial charge in [-0.25, -0.2) is 4.79 Å². The molecule has 0 fully saturated rings. The van der Waals surface area contributed by atoms with Crippen molar-refractivity contribution in [2.75, 3.05) is 0 Å². The minimum Gasteiger partial charge on any atom is -0.315 e. The van der Waals surface area contributed by atoms with E-state index in [-0.39, 0.29) is 6.03 Å². The number of amides is 2. The highest BCUT2D eigenvalue weighted by Crippen LogP contribution is 2.01. The summed E-state index contributed by atoms with van der Waals surface area (Å²) in [5.74, 6) is 0. The summed E-state index contributed by atoms with van der Waals surface area (Å²) >= 11 is 0. The molecule has 2 amide bonds. The molecule has 1 aliphatic heterocycles. The largest absolute Gasteiger partial charge is 0.320 e. The average molecular weight is 139 g/mol. The SMILES string of the molecule is C=CC1(N)C=CNC(=O)N1. The van der Waals surface area contributed by atoms with Crippen LogP contribution in [0.15, 0.2) is 24.9 Å². The summed E-state index contributed by atoms with van der Waals surface area (Å²) in [6, 6.07) is -0.315. The van der Waals surface area contributed by atoms with Crippen molar-refractivity contribution in [3.05, 3.63) is 24.9 Å². The normalized spacial score (nSPS) is 30.7. The Hall–Kier alpha value is -1.29. The molecule has 1 unspecified atom stereocenters. The molecule has 1 aliphatic rings. The number of hydrogen-bond donors (Lipinski definition) is 3. The third-order valence-corrected chi connectivity index (χ3v) is 1.24. The molecule has 0 aliphatic carbocycles. The number of hydrogen-bond acceptors (Lipinski definition) is 2. The van der Waals surface area contributed by atoms with Crippen molar-refractivity contribution in [1.29, 1.82) is 0 Å². The predicted octanol–water partition coefficient (Wildman–Crippen LogP) is -0.346. The van der Waals surface area contributed by atoms with Crippen molar-refractivity contribution in [2.45, 2.75) is 5.66 Å². The molecule has 4 N–H and O–H groups in total. The van der Waals surface area contributed by atoms with Crippen LogP contribution in [0.5, 0.6) is 0 Å². The van der Waals surface area contributed by atoms with Crippen molar-refractivity contribution in [2.24, 2.45) is 5.73 Å². The van der Waals surface area contributed by atoms with Gasteiger partial charge in [-0.3, -0.25) is 0 Å². The van der Waals surface area contributed by atoms with Crippen molar-refractivity contribution >= 4 is 6.03 Å². The first-order valence-corrected chi connectivity index (χ1v) is 2.85. The highest BCUT2D eigenvalue weighted by molar-refractivity contribution is 5.77. The monoisotopic (exact) mass is 139 g/mol. The van der Waals surface area contributed by atoms with E-state index in [1.54, 1.807) is 6.08 Å². The van der Waals surface area contributed by atoms with Gasteiger partial charge in [0.15, 0.2) is 0 Å². The number of rotatable bonds is 1. The molecule has 0 bridgehead atoms. The minimum atomic E-state index is -0.887. The molecular weight excluding hydrogens is 130 g/mol. The molecule has 0 aromatic heterocycles. The zero-order valence-electron chi connectivity index (χ0n) is 5.42. The molecule has 0 radical (unpaired) electrons. The average Bonchev–Trinajstić information content (AvgIpc) is 1.88. The highest BCUT2D eigenvalue weighted by atomic mass is 16.2. The molecule has 0 aromatic carbocycles. The van der Waals surface area contributed by atoms with Gasteiger partial charge in [-0.15, -0.1) is 0 Å². The Balaban J connectivity index is 2.80. The van der Waals surface area contributed by atoms with E-state index in [1.807, 2.05) is 0 Å². The molecule has 0 aromatic rings. The van der Waals surface area contributed by atoms with E-state index in [4.69, 9.17) is 5.73 Å². The van der Waals surface area contributed by atoms with Gasteiger partial charge in [0.25, 0.3) is 0 Å². The Bertz CT molecular complexity index is 199. The number of carbonyl (C=O) groups excluding carboxylic acids is 1. The molecule has 1 rings (SSSR count). The van der Waals surface area contributed by atoms with Crippen LogP contribution in [0.4, 0.5) is 4.79 Å². The van der Waals surface area contributed by atoms with Crippen molar-refractivity contribution < 1.29 is 4.79 Å². The van der Waals surface area contributed by atoms with Crippen molar-refractivity contribution in [1.82, 2.24) is 10.6 Å². The third-order valence-electron chi connectivity index (χ3n) is 1.24. The van der Waals surface area contributed by atoms with Gasteiger partial charge in [0, 0.05) is 6.20 Å². The Morgan fingerprint density at radius 2 is 2.50 bits per heavy atom. The summed E-state index contributed by atoms with van der Waals surface area (Å²) < 4.78 is 0. The zero-order valence-corrected chi connectivity index (χ0v) is 5.42. The Morgan fingerprint density at radius 1 is 1.80 bits per heavy atom. The van der Waals surface area contributed by atoms with Crippen LogP contribution in [0.3, 0.4) is 0 Å². The molecule has 0 spiro atoms. The van der Waals surface area contributed by atoms with Crippen LogP contribution in [0.25, 0.3) is 0 Å². The summed E-state index contributed by atoms with van der Waals surface area (Å²) in [7, 11) is 0. The summed E-state index contributed by atoms with van der Waals surface area (Å²) in [4.78, 5) is 10.6. The Morgan fingerprint density at radius 3 is 2.90 bits per heavy atom. The molecule has 10 heavy (non-hydrogen) atoms. The van der Waals surface area contributed by atoms with Gasteiger partial charge in [-0.05, 0) is 12.2 Å². The van der Waals surface area contributed by atoms with Crippen LogP contribution in [0.2, 0.25) is 0 Å². The first-order chi connectivity index (χ1) is 4.66. The van der Waals surface area contributed by atoms with Crippen molar-refractivity contribution in [3.63, 3.8) is 0 Å².